The Morgan fingerprint density at radius 3 is 2.68 bits per heavy atom. The molecule has 1 atom stereocenters. The number of nitrogens with one attached hydrogen (secondary N) is 1. The van der Waals surface area contributed by atoms with Crippen molar-refractivity contribution < 1.29 is 14.3 Å². The van der Waals surface area contributed by atoms with Gasteiger partial charge in [0.25, 0.3) is 5.91 Å². The highest BCUT2D eigenvalue weighted by Gasteiger charge is 2.54. The number of nitrogens with zero attached hydrogens (tertiary/aromatic N) is 2. The highest BCUT2D eigenvalue weighted by atomic mass is 16.5. The van der Waals surface area contributed by atoms with Crippen LogP contribution in [0.1, 0.15) is 36.0 Å². The largest absolute Gasteiger partial charge is 0.497 e. The predicted octanol–water partition coefficient (Wildman–Crippen LogP) is 3.53. The second-order valence-corrected chi connectivity index (χ2v) is 8.51. The molecule has 31 heavy (non-hydrogen) atoms. The van der Waals surface area contributed by atoms with Gasteiger partial charge in [0, 0.05) is 13.1 Å². The molecule has 0 saturated carbocycles. The van der Waals surface area contributed by atoms with Gasteiger partial charge in [0.1, 0.15) is 11.3 Å². The molecule has 2 aromatic rings. The van der Waals surface area contributed by atoms with Crippen LogP contribution in [0.2, 0.25) is 0 Å². The lowest BCUT2D eigenvalue weighted by Gasteiger charge is -2.34. The monoisotopic (exact) mass is 417 g/mol. The molecule has 2 aliphatic heterocycles. The van der Waals surface area contributed by atoms with Crippen molar-refractivity contribution in [1.29, 1.82) is 0 Å². The van der Waals surface area contributed by atoms with Crippen LogP contribution in [-0.4, -0.2) is 48.6 Å². The van der Waals surface area contributed by atoms with Crippen molar-refractivity contribution in [3.63, 3.8) is 0 Å². The first kappa shape index (κ1) is 19.8. The van der Waals surface area contributed by atoms with Gasteiger partial charge in [0.05, 0.1) is 13.8 Å². The van der Waals surface area contributed by atoms with Crippen LogP contribution in [0, 0.1) is 0 Å². The third-order valence-electron chi connectivity index (χ3n) is 6.73. The van der Waals surface area contributed by atoms with Crippen LogP contribution >= 0.6 is 0 Å². The van der Waals surface area contributed by atoms with Gasteiger partial charge in [-0.2, -0.15) is 0 Å². The first-order chi connectivity index (χ1) is 15.1. The molecule has 1 fully saturated rings. The van der Waals surface area contributed by atoms with Crippen LogP contribution in [0.4, 0.5) is 4.79 Å². The van der Waals surface area contributed by atoms with Gasteiger partial charge in [-0.3, -0.25) is 9.69 Å². The fraction of sp³-hybridized carbons (Fsp3) is 0.360. The van der Waals surface area contributed by atoms with E-state index in [4.69, 9.17) is 4.74 Å². The fourth-order valence-electron chi connectivity index (χ4n) is 5.06. The number of carbonyl (C=O) groups excluding carboxylic acids is 2. The molecule has 2 aromatic carbocycles. The summed E-state index contributed by atoms with van der Waals surface area (Å²) < 4.78 is 5.35. The number of benzene rings is 2. The molecule has 2 heterocycles. The maximum atomic E-state index is 13.5. The minimum atomic E-state index is -0.947. The number of methoxy groups -OCH3 is 1. The summed E-state index contributed by atoms with van der Waals surface area (Å²) >= 11 is 0. The normalized spacial score (nSPS) is 23.5. The zero-order chi connectivity index (χ0) is 21.4. The number of urea groups is 1. The van der Waals surface area contributed by atoms with Crippen LogP contribution in [-0.2, 0) is 16.8 Å². The smallest absolute Gasteiger partial charge is 0.326 e. The number of fused-ring (bicyclic) bond motifs is 2. The zero-order valence-electron chi connectivity index (χ0n) is 17.8. The molecule has 1 saturated heterocycles. The zero-order valence-corrected chi connectivity index (χ0v) is 17.8. The van der Waals surface area contributed by atoms with Crippen molar-refractivity contribution in [2.24, 2.45) is 0 Å². The molecule has 0 aromatic heterocycles. The van der Waals surface area contributed by atoms with Crippen LogP contribution < -0.4 is 10.1 Å². The third-order valence-corrected chi connectivity index (χ3v) is 6.73. The van der Waals surface area contributed by atoms with E-state index in [9.17, 15) is 9.59 Å². The number of aryl methyl sites for hydroxylation is 1. The van der Waals surface area contributed by atoms with Crippen molar-refractivity contribution in [3.8, 4) is 5.75 Å². The van der Waals surface area contributed by atoms with E-state index < -0.39 is 5.54 Å². The maximum absolute atomic E-state index is 13.5. The Morgan fingerprint density at radius 1 is 1.10 bits per heavy atom. The second kappa shape index (κ2) is 7.85. The molecular formula is C25H27N3O3. The van der Waals surface area contributed by atoms with Gasteiger partial charge in [-0.25, -0.2) is 9.69 Å². The molecule has 6 nitrogen and oxygen atoms in total. The average Bonchev–Trinajstić information content (AvgIpc) is 3.04. The topological polar surface area (TPSA) is 61.9 Å². The fourth-order valence-corrected chi connectivity index (χ4v) is 5.06. The molecule has 0 bridgehead atoms. The molecule has 1 spiro atoms. The van der Waals surface area contributed by atoms with Crippen LogP contribution in [0.15, 0.2) is 54.6 Å². The van der Waals surface area contributed by atoms with E-state index >= 15 is 0 Å². The van der Waals surface area contributed by atoms with Gasteiger partial charge in [0.15, 0.2) is 0 Å². The highest BCUT2D eigenvalue weighted by molar-refractivity contribution is 6.07. The van der Waals surface area contributed by atoms with E-state index in [0.29, 0.717) is 13.1 Å². The van der Waals surface area contributed by atoms with Gasteiger partial charge in [-0.15, -0.1) is 0 Å². The Morgan fingerprint density at radius 2 is 1.94 bits per heavy atom. The first-order valence-corrected chi connectivity index (χ1v) is 10.9. The number of hydrogen-bond acceptors (Lipinski definition) is 4. The summed E-state index contributed by atoms with van der Waals surface area (Å²) in [5, 5.41) is 3.04. The summed E-state index contributed by atoms with van der Waals surface area (Å²) in [5.41, 5.74) is 3.60. The molecule has 3 aliphatic rings. The number of rotatable bonds is 4. The average molecular weight is 418 g/mol. The van der Waals surface area contributed by atoms with Crippen LogP contribution in [0.5, 0.6) is 5.75 Å². The van der Waals surface area contributed by atoms with Crippen molar-refractivity contribution in [1.82, 2.24) is 15.1 Å². The predicted molar refractivity (Wildman–Crippen MR) is 118 cm³/mol. The third kappa shape index (κ3) is 3.41. The Kier molecular flexibility index (Phi) is 5.02. The van der Waals surface area contributed by atoms with E-state index in [0.717, 1.165) is 49.2 Å². The molecular weight excluding hydrogens is 390 g/mol. The number of ether oxygens (including phenoxy) is 1. The van der Waals surface area contributed by atoms with Gasteiger partial charge >= 0.3 is 6.03 Å². The molecule has 1 N–H and O–H groups in total. The Labute approximate surface area is 182 Å². The highest BCUT2D eigenvalue weighted by Crippen LogP contribution is 2.41. The lowest BCUT2D eigenvalue weighted by molar-refractivity contribution is -0.133. The molecule has 1 unspecified atom stereocenters. The summed E-state index contributed by atoms with van der Waals surface area (Å²) in [4.78, 5) is 30.0. The Hall–Kier alpha value is -3.12. The summed E-state index contributed by atoms with van der Waals surface area (Å²) in [6.45, 7) is 1.86. The first-order valence-electron chi connectivity index (χ1n) is 10.9. The molecule has 0 radical (unpaired) electrons. The Balaban J connectivity index is 1.34. The summed E-state index contributed by atoms with van der Waals surface area (Å²) in [5.74, 6) is 0.639. The SMILES string of the molecule is COc1ccc2c(c1)CCCC21NC(=O)N(CN2CC=C(c3ccccc3)CC2)C1=O. The standard InChI is InChI=1S/C25H27N3O3/c1-31-21-9-10-22-20(16-21)8-5-13-25(22)23(29)28(24(30)26-25)17-27-14-11-19(12-15-27)18-6-3-2-4-7-18/h2-4,6-7,9-11,16H,5,8,12-15,17H2,1H3,(H,26,30). The van der Waals surface area contributed by atoms with E-state index in [2.05, 4.69) is 28.4 Å². The summed E-state index contributed by atoms with van der Waals surface area (Å²) in [6, 6.07) is 15.9. The summed E-state index contributed by atoms with van der Waals surface area (Å²) in [6.07, 6.45) is 5.48. The van der Waals surface area contributed by atoms with E-state index in [1.54, 1.807) is 7.11 Å². The van der Waals surface area contributed by atoms with Crippen molar-refractivity contribution in [2.45, 2.75) is 31.2 Å². The van der Waals surface area contributed by atoms with Crippen LogP contribution in [0.3, 0.4) is 0 Å². The molecule has 5 rings (SSSR count). The van der Waals surface area contributed by atoms with Gasteiger partial charge in [0.2, 0.25) is 0 Å². The van der Waals surface area contributed by atoms with Crippen molar-refractivity contribution in [2.75, 3.05) is 26.9 Å². The maximum Gasteiger partial charge on any atom is 0.326 e. The van der Waals surface area contributed by atoms with Gasteiger partial charge < -0.3 is 10.1 Å². The minimum Gasteiger partial charge on any atom is -0.497 e. The van der Waals surface area contributed by atoms with E-state index in [1.165, 1.54) is 16.0 Å². The number of amides is 3. The minimum absolute atomic E-state index is 0.138. The number of carbonyl (C=O) groups is 2. The lowest BCUT2D eigenvalue weighted by Crippen LogP contribution is -2.47. The van der Waals surface area contributed by atoms with Crippen molar-refractivity contribution >= 4 is 17.5 Å². The Bertz CT molecular complexity index is 1050. The molecule has 6 heteroatoms. The number of imide groups is 1. The molecule has 160 valence electrons. The molecule has 3 amide bonds. The number of hydrogen-bond donors (Lipinski definition) is 1. The van der Waals surface area contributed by atoms with Crippen molar-refractivity contribution in [3.05, 3.63) is 71.3 Å². The second-order valence-electron chi connectivity index (χ2n) is 8.51. The quantitative estimate of drug-likeness (QED) is 0.774. The summed E-state index contributed by atoms with van der Waals surface area (Å²) in [7, 11) is 1.64. The van der Waals surface area contributed by atoms with Crippen LogP contribution in [0.25, 0.3) is 5.57 Å². The van der Waals surface area contributed by atoms with Gasteiger partial charge in [-0.1, -0.05) is 42.5 Å². The van der Waals surface area contributed by atoms with E-state index in [-0.39, 0.29) is 11.9 Å². The van der Waals surface area contributed by atoms with Gasteiger partial charge in [-0.05, 0) is 60.1 Å². The lowest BCUT2D eigenvalue weighted by atomic mass is 9.76. The van der Waals surface area contributed by atoms with E-state index in [1.807, 2.05) is 36.4 Å². The molecule has 1 aliphatic carbocycles.